The number of nitrogens with one attached hydrogen (secondary N) is 1. The molecule has 0 saturated heterocycles. The molecule has 0 aliphatic heterocycles. The molecule has 27 heavy (non-hydrogen) atoms. The van der Waals surface area contributed by atoms with Crippen LogP contribution in [-0.4, -0.2) is 18.3 Å². The number of hydrogen-bond acceptors (Lipinski definition) is 7. The lowest BCUT2D eigenvalue weighted by molar-refractivity contribution is -0.384. The Kier molecular flexibility index (Phi) is 5.06. The number of hydrogen-bond donors (Lipinski definition) is 1. The third-order valence-electron chi connectivity index (χ3n) is 3.66. The molecule has 2 aromatic heterocycles. The Labute approximate surface area is 164 Å². The molecule has 1 N–H and O–H groups in total. The zero-order valence-corrected chi connectivity index (χ0v) is 17.2. The molecule has 0 radical (unpaired) electrons. The number of thiazole rings is 1. The standard InChI is InChI=1S/C17H17N3O4S3/c1-17(2,3)14-7-8-15(26-14)27(23,24)19-16-18-13(10-25-16)11-5-4-6-12(9-11)20(21)22/h4-10H,1-3H3,(H,18,19). The maximum absolute atomic E-state index is 12.6. The van der Waals surface area contributed by atoms with Crippen LogP contribution in [0.3, 0.4) is 0 Å². The number of benzene rings is 1. The summed E-state index contributed by atoms with van der Waals surface area (Å²) in [6.45, 7) is 6.07. The van der Waals surface area contributed by atoms with E-state index in [1.54, 1.807) is 23.6 Å². The van der Waals surface area contributed by atoms with E-state index in [2.05, 4.69) is 9.71 Å². The molecule has 3 rings (SSSR count). The molecule has 0 aliphatic rings. The number of nitrogens with zero attached hydrogens (tertiary/aromatic N) is 2. The van der Waals surface area contributed by atoms with E-state index in [0.717, 1.165) is 16.2 Å². The highest BCUT2D eigenvalue weighted by atomic mass is 32.2. The Balaban J connectivity index is 1.84. The van der Waals surface area contributed by atoms with Crippen molar-refractivity contribution in [2.45, 2.75) is 30.4 Å². The van der Waals surface area contributed by atoms with Crippen LogP contribution in [0.1, 0.15) is 25.6 Å². The highest BCUT2D eigenvalue weighted by Gasteiger charge is 2.23. The van der Waals surface area contributed by atoms with E-state index in [-0.39, 0.29) is 20.4 Å². The maximum Gasteiger partial charge on any atom is 0.273 e. The van der Waals surface area contributed by atoms with Crippen molar-refractivity contribution in [3.8, 4) is 11.3 Å². The van der Waals surface area contributed by atoms with E-state index in [4.69, 9.17) is 0 Å². The highest BCUT2D eigenvalue weighted by Crippen LogP contribution is 2.33. The lowest BCUT2D eigenvalue weighted by Gasteiger charge is -2.15. The summed E-state index contributed by atoms with van der Waals surface area (Å²) < 4.78 is 27.9. The van der Waals surface area contributed by atoms with Crippen LogP contribution in [0.25, 0.3) is 11.3 Å². The number of rotatable bonds is 5. The first-order chi connectivity index (χ1) is 12.6. The lowest BCUT2D eigenvalue weighted by atomic mass is 9.95. The first-order valence-electron chi connectivity index (χ1n) is 7.90. The number of thiophene rings is 1. The van der Waals surface area contributed by atoms with Gasteiger partial charge in [-0.1, -0.05) is 32.9 Å². The number of anilines is 1. The second kappa shape index (κ2) is 7.02. The first kappa shape index (κ1) is 19.5. The molecule has 2 heterocycles. The third kappa shape index (κ3) is 4.34. The van der Waals surface area contributed by atoms with Gasteiger partial charge in [0.25, 0.3) is 15.7 Å². The van der Waals surface area contributed by atoms with Crippen molar-refractivity contribution < 1.29 is 13.3 Å². The molecule has 7 nitrogen and oxygen atoms in total. The maximum atomic E-state index is 12.6. The lowest BCUT2D eigenvalue weighted by Crippen LogP contribution is -2.11. The molecule has 0 fully saturated rings. The van der Waals surface area contributed by atoms with E-state index in [1.807, 2.05) is 26.8 Å². The Bertz CT molecular complexity index is 1090. The molecular weight excluding hydrogens is 406 g/mol. The minimum absolute atomic E-state index is 0.0454. The van der Waals surface area contributed by atoms with Crippen molar-refractivity contribution in [2.24, 2.45) is 0 Å². The van der Waals surface area contributed by atoms with Gasteiger partial charge in [0.05, 0.1) is 10.6 Å². The average molecular weight is 424 g/mol. The van der Waals surface area contributed by atoms with E-state index in [9.17, 15) is 18.5 Å². The molecular formula is C17H17N3O4S3. The molecule has 0 aliphatic carbocycles. The van der Waals surface area contributed by atoms with Gasteiger partial charge in [0.2, 0.25) is 0 Å². The predicted molar refractivity (Wildman–Crippen MR) is 108 cm³/mol. The largest absolute Gasteiger partial charge is 0.273 e. The molecule has 0 saturated carbocycles. The van der Waals surface area contributed by atoms with Gasteiger partial charge in [0.1, 0.15) is 4.21 Å². The van der Waals surface area contributed by atoms with Gasteiger partial charge in [0.15, 0.2) is 5.13 Å². The zero-order valence-electron chi connectivity index (χ0n) is 14.8. The molecule has 10 heteroatoms. The molecule has 0 bridgehead atoms. The van der Waals surface area contributed by atoms with Crippen molar-refractivity contribution in [3.05, 3.63) is 56.8 Å². The van der Waals surface area contributed by atoms with Crippen LogP contribution in [0.15, 0.2) is 46.0 Å². The van der Waals surface area contributed by atoms with Gasteiger partial charge >= 0.3 is 0 Å². The Morgan fingerprint density at radius 3 is 2.56 bits per heavy atom. The van der Waals surface area contributed by atoms with Crippen LogP contribution in [0.2, 0.25) is 0 Å². The van der Waals surface area contributed by atoms with Gasteiger partial charge in [-0.3, -0.25) is 14.8 Å². The fourth-order valence-corrected chi connectivity index (χ4v) is 5.60. The molecule has 0 atom stereocenters. The normalized spacial score (nSPS) is 12.1. The number of aromatic nitrogens is 1. The number of non-ortho nitro benzene ring substituents is 1. The Hall–Kier alpha value is -2.30. The third-order valence-corrected chi connectivity index (χ3v) is 7.89. The summed E-state index contributed by atoms with van der Waals surface area (Å²) in [5, 5.41) is 12.8. The van der Waals surface area contributed by atoms with Crippen molar-refractivity contribution >= 4 is 43.5 Å². The Morgan fingerprint density at radius 2 is 1.93 bits per heavy atom. The molecule has 0 spiro atoms. The molecule has 142 valence electrons. The summed E-state index contributed by atoms with van der Waals surface area (Å²) >= 11 is 2.35. The topological polar surface area (TPSA) is 102 Å². The van der Waals surface area contributed by atoms with E-state index in [1.165, 1.54) is 23.5 Å². The summed E-state index contributed by atoms with van der Waals surface area (Å²) in [5.74, 6) is 0. The smallest absolute Gasteiger partial charge is 0.258 e. The van der Waals surface area contributed by atoms with Crippen LogP contribution >= 0.6 is 22.7 Å². The number of sulfonamides is 1. The molecule has 0 amide bonds. The fourth-order valence-electron chi connectivity index (χ4n) is 2.26. The minimum atomic E-state index is -3.74. The van der Waals surface area contributed by atoms with Gasteiger partial charge in [-0.25, -0.2) is 13.4 Å². The SMILES string of the molecule is CC(C)(C)c1ccc(S(=O)(=O)Nc2nc(-c3cccc([N+](=O)[O-])c3)cs2)s1. The second-order valence-electron chi connectivity index (χ2n) is 6.82. The monoisotopic (exact) mass is 423 g/mol. The molecule has 1 aromatic carbocycles. The van der Waals surface area contributed by atoms with Gasteiger partial charge in [0, 0.05) is 28.0 Å². The summed E-state index contributed by atoms with van der Waals surface area (Å²) in [5.41, 5.74) is 0.852. The quantitative estimate of drug-likeness (QED) is 0.465. The van der Waals surface area contributed by atoms with Crippen LogP contribution < -0.4 is 4.72 Å². The van der Waals surface area contributed by atoms with Gasteiger partial charge in [-0.15, -0.1) is 22.7 Å². The van der Waals surface area contributed by atoms with Gasteiger partial charge in [-0.2, -0.15) is 0 Å². The van der Waals surface area contributed by atoms with Crippen molar-refractivity contribution in [2.75, 3.05) is 4.72 Å². The average Bonchev–Trinajstić information content (AvgIpc) is 3.23. The second-order valence-corrected chi connectivity index (χ2v) is 10.7. The Morgan fingerprint density at radius 1 is 1.19 bits per heavy atom. The van der Waals surface area contributed by atoms with Crippen molar-refractivity contribution in [3.63, 3.8) is 0 Å². The van der Waals surface area contributed by atoms with E-state index in [0.29, 0.717) is 11.3 Å². The summed E-state index contributed by atoms with van der Waals surface area (Å²) in [7, 11) is -3.74. The van der Waals surface area contributed by atoms with Crippen LogP contribution in [0.4, 0.5) is 10.8 Å². The van der Waals surface area contributed by atoms with Crippen LogP contribution in [0.5, 0.6) is 0 Å². The molecule has 3 aromatic rings. The fraction of sp³-hybridized carbons (Fsp3) is 0.235. The van der Waals surface area contributed by atoms with E-state index >= 15 is 0 Å². The summed E-state index contributed by atoms with van der Waals surface area (Å²) in [4.78, 5) is 15.6. The number of nitro groups is 1. The predicted octanol–water partition coefficient (Wildman–Crippen LogP) is 4.88. The van der Waals surface area contributed by atoms with Gasteiger partial charge in [-0.05, 0) is 17.5 Å². The number of nitro benzene ring substituents is 1. The van der Waals surface area contributed by atoms with Crippen LogP contribution in [0, 0.1) is 10.1 Å². The summed E-state index contributed by atoms with van der Waals surface area (Å²) in [6, 6.07) is 9.45. The minimum Gasteiger partial charge on any atom is -0.258 e. The van der Waals surface area contributed by atoms with Crippen molar-refractivity contribution in [1.82, 2.24) is 4.98 Å². The molecule has 0 unspecified atom stereocenters. The zero-order chi connectivity index (χ0) is 19.8. The van der Waals surface area contributed by atoms with E-state index < -0.39 is 14.9 Å². The highest BCUT2D eigenvalue weighted by molar-refractivity contribution is 7.94. The summed E-state index contributed by atoms with van der Waals surface area (Å²) in [6.07, 6.45) is 0. The first-order valence-corrected chi connectivity index (χ1v) is 11.1. The van der Waals surface area contributed by atoms with Gasteiger partial charge < -0.3 is 0 Å². The van der Waals surface area contributed by atoms with Crippen LogP contribution in [-0.2, 0) is 15.4 Å². The van der Waals surface area contributed by atoms with Crippen molar-refractivity contribution in [1.29, 1.82) is 0 Å².